The summed E-state index contributed by atoms with van der Waals surface area (Å²) in [5.74, 6) is 0.128. The number of nitrogens with zero attached hydrogens (tertiary/aromatic N) is 1. The summed E-state index contributed by atoms with van der Waals surface area (Å²) in [7, 11) is 0. The van der Waals surface area contributed by atoms with Crippen molar-refractivity contribution in [1.82, 2.24) is 4.98 Å². The summed E-state index contributed by atoms with van der Waals surface area (Å²) in [6.45, 7) is 0. The van der Waals surface area contributed by atoms with Crippen LogP contribution in [0.3, 0.4) is 0 Å². The summed E-state index contributed by atoms with van der Waals surface area (Å²) in [5.41, 5.74) is 7.59. The second kappa shape index (κ2) is 9.10. The van der Waals surface area contributed by atoms with Gasteiger partial charge in [-0.25, -0.2) is 0 Å². The van der Waals surface area contributed by atoms with E-state index >= 15 is 0 Å². The van der Waals surface area contributed by atoms with Crippen molar-refractivity contribution >= 4 is 31.7 Å². The number of aromatic nitrogens is 1. The van der Waals surface area contributed by atoms with Crippen LogP contribution >= 0.6 is 0 Å². The molecule has 0 spiro atoms. The quantitative estimate of drug-likeness (QED) is 0.359. The number of hydrogen-bond acceptors (Lipinski definition) is 1. The van der Waals surface area contributed by atoms with Crippen molar-refractivity contribution in [2.45, 2.75) is 5.92 Å². The van der Waals surface area contributed by atoms with Gasteiger partial charge in [0.2, 0.25) is 0 Å². The SMILES string of the molecule is [Cl-].[Cl-].[Cr+2][C]1=C(c2ccccc2)C(c2cccc3cccnc23)c2c1ccc1ccccc21. The van der Waals surface area contributed by atoms with Gasteiger partial charge in [0.25, 0.3) is 0 Å². The number of fused-ring (bicyclic) bond motifs is 4. The number of pyridine rings is 1. The maximum atomic E-state index is 4.80. The molecule has 0 saturated carbocycles. The molecule has 5 aromatic rings. The van der Waals surface area contributed by atoms with E-state index in [1.807, 2.05) is 12.3 Å². The van der Waals surface area contributed by atoms with E-state index in [9.17, 15) is 0 Å². The topological polar surface area (TPSA) is 12.9 Å². The Labute approximate surface area is 208 Å². The van der Waals surface area contributed by atoms with Gasteiger partial charge in [-0.3, -0.25) is 0 Å². The van der Waals surface area contributed by atoms with Crippen LogP contribution in [0.5, 0.6) is 0 Å². The normalized spacial score (nSPS) is 14.7. The number of halogens is 2. The molecule has 1 aliphatic carbocycles. The molecule has 0 bridgehead atoms. The zero-order chi connectivity index (χ0) is 20.1. The minimum atomic E-state index is 0. The second-order valence-corrected chi connectivity index (χ2v) is 8.35. The molecule has 0 radical (unpaired) electrons. The van der Waals surface area contributed by atoms with Crippen molar-refractivity contribution < 1.29 is 41.1 Å². The van der Waals surface area contributed by atoms with Gasteiger partial charge in [0.1, 0.15) is 0 Å². The summed E-state index contributed by atoms with van der Waals surface area (Å²) in [4.78, 5) is 4.80. The Morgan fingerprint density at radius 2 is 1.38 bits per heavy atom. The number of allylic oxidation sites excluding steroid dienone is 1. The summed E-state index contributed by atoms with van der Waals surface area (Å²) >= 11 is 3.42. The van der Waals surface area contributed by atoms with E-state index in [4.69, 9.17) is 4.98 Å². The summed E-state index contributed by atoms with van der Waals surface area (Å²) in [6, 6.07) is 34.7. The Morgan fingerprint density at radius 1 is 0.656 bits per heavy atom. The van der Waals surface area contributed by atoms with Gasteiger partial charge in [-0.05, 0) is 0 Å². The van der Waals surface area contributed by atoms with E-state index in [-0.39, 0.29) is 30.7 Å². The van der Waals surface area contributed by atoms with Gasteiger partial charge in [-0.15, -0.1) is 0 Å². The molecule has 6 rings (SSSR count). The summed E-state index contributed by atoms with van der Waals surface area (Å²) in [5, 5.41) is 3.76. The summed E-state index contributed by atoms with van der Waals surface area (Å²) < 4.78 is 1.24. The molecule has 0 N–H and O–H groups in total. The first-order valence-corrected chi connectivity index (χ1v) is 10.8. The predicted octanol–water partition coefficient (Wildman–Crippen LogP) is 0.957. The maximum absolute atomic E-state index is 4.80. The fourth-order valence-corrected chi connectivity index (χ4v) is 5.46. The third-order valence-corrected chi connectivity index (χ3v) is 6.78. The first kappa shape index (κ1) is 22.6. The molecule has 1 heterocycles. The summed E-state index contributed by atoms with van der Waals surface area (Å²) in [6.07, 6.45) is 1.90. The monoisotopic (exact) mass is 490 g/mol. The van der Waals surface area contributed by atoms with Gasteiger partial charge in [-0.2, -0.15) is 0 Å². The van der Waals surface area contributed by atoms with Crippen LogP contribution in [-0.2, 0) is 16.3 Å². The number of hydrogen-bond donors (Lipinski definition) is 0. The van der Waals surface area contributed by atoms with Crippen LogP contribution in [0.4, 0.5) is 0 Å². The van der Waals surface area contributed by atoms with E-state index < -0.39 is 0 Å². The first-order chi connectivity index (χ1) is 14.8. The van der Waals surface area contributed by atoms with Gasteiger partial charge < -0.3 is 24.8 Å². The molecular weight excluding hydrogens is 473 g/mol. The molecule has 0 saturated heterocycles. The van der Waals surface area contributed by atoms with Gasteiger partial charge in [-0.1, -0.05) is 0 Å². The van der Waals surface area contributed by atoms with Crippen LogP contribution in [0.1, 0.15) is 28.2 Å². The van der Waals surface area contributed by atoms with Crippen molar-refractivity contribution in [3.05, 3.63) is 126 Å². The van der Waals surface area contributed by atoms with Crippen LogP contribution in [0.25, 0.3) is 31.7 Å². The second-order valence-electron chi connectivity index (χ2n) is 7.71. The Morgan fingerprint density at radius 3 is 2.22 bits per heavy atom. The molecule has 1 nitrogen and oxygen atoms in total. The number of rotatable bonds is 2. The molecule has 1 unspecified atom stereocenters. The van der Waals surface area contributed by atoms with Crippen LogP contribution in [0, 0.1) is 0 Å². The van der Waals surface area contributed by atoms with Crippen molar-refractivity contribution in [3.8, 4) is 0 Å². The molecule has 4 aromatic carbocycles. The number of benzene rings is 4. The van der Waals surface area contributed by atoms with Crippen molar-refractivity contribution in [3.63, 3.8) is 0 Å². The standard InChI is InChI=1S/C28H18N.2ClH.Cr/c1-2-8-19(9-3-1)25-18-22-16-15-20-10-4-5-13-23(20)26(22)27(25)24-14-6-11-21-12-7-17-29-28(21)24;;;/h1-17,27H;2*1H;/q;;;+2/p-2. The van der Waals surface area contributed by atoms with Gasteiger partial charge >= 0.3 is 184 Å². The Hall–Kier alpha value is -2.60. The van der Waals surface area contributed by atoms with Gasteiger partial charge in [0.15, 0.2) is 0 Å². The van der Waals surface area contributed by atoms with E-state index in [0.717, 1.165) is 5.52 Å². The third kappa shape index (κ3) is 3.45. The Bertz CT molecular complexity index is 1460. The average Bonchev–Trinajstić information content (AvgIpc) is 3.12. The number of para-hydroxylation sites is 1. The third-order valence-electron chi connectivity index (χ3n) is 6.10. The minimum absolute atomic E-state index is 0. The van der Waals surface area contributed by atoms with Crippen molar-refractivity contribution in [2.75, 3.05) is 0 Å². The molecule has 1 atom stereocenters. The van der Waals surface area contributed by atoms with Crippen LogP contribution in [-0.4, -0.2) is 4.98 Å². The molecule has 1 aromatic heterocycles. The molecule has 155 valence electrons. The fourth-order valence-electron chi connectivity index (χ4n) is 4.81. The first-order valence-electron chi connectivity index (χ1n) is 10.2. The van der Waals surface area contributed by atoms with E-state index in [0.29, 0.717) is 0 Å². The fraction of sp³-hybridized carbons (Fsp3) is 0.0357. The average molecular weight is 491 g/mol. The Kier molecular flexibility index (Phi) is 6.43. The van der Waals surface area contributed by atoms with Crippen molar-refractivity contribution in [2.24, 2.45) is 0 Å². The predicted molar refractivity (Wildman–Crippen MR) is 121 cm³/mol. The molecule has 4 heteroatoms. The van der Waals surface area contributed by atoms with Crippen LogP contribution in [0.2, 0.25) is 0 Å². The van der Waals surface area contributed by atoms with Gasteiger partial charge in [0, 0.05) is 0 Å². The molecule has 1 aliphatic rings. The van der Waals surface area contributed by atoms with Crippen LogP contribution < -0.4 is 24.8 Å². The van der Waals surface area contributed by atoms with Crippen molar-refractivity contribution in [1.29, 1.82) is 0 Å². The zero-order valence-electron chi connectivity index (χ0n) is 17.0. The zero-order valence-corrected chi connectivity index (χ0v) is 19.8. The molecule has 0 amide bonds. The Balaban J connectivity index is 0.00000122. The van der Waals surface area contributed by atoms with E-state index in [1.54, 1.807) is 0 Å². The van der Waals surface area contributed by atoms with E-state index in [2.05, 4.69) is 107 Å². The molecular formula is C28H18Cl2CrN. The molecule has 32 heavy (non-hydrogen) atoms. The van der Waals surface area contributed by atoms with Crippen LogP contribution in [0.15, 0.2) is 103 Å². The molecule has 0 fully saturated rings. The van der Waals surface area contributed by atoms with Gasteiger partial charge in [0.05, 0.1) is 0 Å². The molecule has 0 aliphatic heterocycles. The van der Waals surface area contributed by atoms with E-state index in [1.165, 1.54) is 48.4 Å².